The Morgan fingerprint density at radius 2 is 1.95 bits per heavy atom. The number of aryl methyl sites for hydroxylation is 1. The maximum absolute atomic E-state index is 4.68. The number of anilines is 1. The van der Waals surface area contributed by atoms with Crippen molar-refractivity contribution in [1.29, 1.82) is 0 Å². The Morgan fingerprint density at radius 3 is 2.90 bits per heavy atom. The van der Waals surface area contributed by atoms with Gasteiger partial charge in [-0.2, -0.15) is 0 Å². The molecule has 2 heterocycles. The van der Waals surface area contributed by atoms with Crippen LogP contribution in [0.2, 0.25) is 0 Å². The smallest absolute Gasteiger partial charge is 0.135 e. The lowest BCUT2D eigenvalue weighted by atomic mass is 10.1. The Hall–Kier alpha value is -2.55. The average Bonchev–Trinajstić information content (AvgIpc) is 2.92. The van der Waals surface area contributed by atoms with E-state index in [1.807, 2.05) is 12.3 Å². The van der Waals surface area contributed by atoms with E-state index in [-0.39, 0.29) is 0 Å². The van der Waals surface area contributed by atoms with E-state index in [1.54, 1.807) is 0 Å². The van der Waals surface area contributed by atoms with E-state index in [0.717, 1.165) is 23.6 Å². The minimum Gasteiger partial charge on any atom is -0.360 e. The number of fused-ring (bicyclic) bond motifs is 2. The minimum absolute atomic E-state index is 0.733. The van der Waals surface area contributed by atoms with Crippen LogP contribution >= 0.6 is 0 Å². The predicted molar refractivity (Wildman–Crippen MR) is 83.3 cm³/mol. The van der Waals surface area contributed by atoms with Gasteiger partial charge in [-0.1, -0.05) is 36.4 Å². The molecule has 0 fully saturated rings. The molecule has 1 aromatic heterocycles. The molecule has 0 aliphatic carbocycles. The molecule has 1 aliphatic rings. The van der Waals surface area contributed by atoms with Crippen LogP contribution in [0, 0.1) is 6.92 Å². The SMILES string of the molecule is Cc1cccc2c(C3=NCc4ccccc4N3)c[nH]c12. The van der Waals surface area contributed by atoms with Gasteiger partial charge >= 0.3 is 0 Å². The van der Waals surface area contributed by atoms with Gasteiger partial charge in [0.15, 0.2) is 0 Å². The molecule has 2 N–H and O–H groups in total. The molecule has 0 bridgehead atoms. The lowest BCUT2D eigenvalue weighted by molar-refractivity contribution is 1.05. The number of nitrogens with zero attached hydrogens (tertiary/aromatic N) is 1. The highest BCUT2D eigenvalue weighted by atomic mass is 15.0. The highest BCUT2D eigenvalue weighted by molar-refractivity contribution is 6.16. The summed E-state index contributed by atoms with van der Waals surface area (Å²) in [5, 5.41) is 4.66. The van der Waals surface area contributed by atoms with E-state index in [0.29, 0.717) is 0 Å². The summed E-state index contributed by atoms with van der Waals surface area (Å²) < 4.78 is 0. The third-order valence-corrected chi connectivity index (χ3v) is 3.86. The maximum atomic E-state index is 4.68. The quantitative estimate of drug-likeness (QED) is 0.686. The van der Waals surface area contributed by atoms with Gasteiger partial charge in [0.2, 0.25) is 0 Å². The van der Waals surface area contributed by atoms with Crippen LogP contribution < -0.4 is 5.32 Å². The van der Waals surface area contributed by atoms with Crippen molar-refractivity contribution in [2.45, 2.75) is 13.5 Å². The maximum Gasteiger partial charge on any atom is 0.135 e. The van der Waals surface area contributed by atoms with Crippen LogP contribution in [0.25, 0.3) is 10.9 Å². The minimum atomic E-state index is 0.733. The molecule has 0 saturated heterocycles. The van der Waals surface area contributed by atoms with Crippen molar-refractivity contribution >= 4 is 22.4 Å². The number of rotatable bonds is 1. The lowest BCUT2D eigenvalue weighted by Crippen LogP contribution is -2.18. The van der Waals surface area contributed by atoms with Crippen LogP contribution in [0.15, 0.2) is 53.7 Å². The van der Waals surface area contributed by atoms with Crippen LogP contribution in [0.5, 0.6) is 0 Å². The molecule has 3 nitrogen and oxygen atoms in total. The van der Waals surface area contributed by atoms with Gasteiger partial charge in [-0.25, -0.2) is 0 Å². The fraction of sp³-hybridized carbons (Fsp3) is 0.118. The van der Waals surface area contributed by atoms with Gasteiger partial charge in [-0.05, 0) is 24.1 Å². The third kappa shape index (κ3) is 1.63. The first-order valence-electron chi connectivity index (χ1n) is 6.79. The van der Waals surface area contributed by atoms with Gasteiger partial charge in [0, 0.05) is 28.4 Å². The standard InChI is InChI=1S/C17H15N3/c1-11-5-4-7-13-14(10-18-16(11)13)17-19-9-12-6-2-3-8-15(12)20-17/h2-8,10,18H,9H2,1H3,(H,19,20). The summed E-state index contributed by atoms with van der Waals surface area (Å²) in [5.41, 5.74) is 5.97. The first kappa shape index (κ1) is 11.3. The summed E-state index contributed by atoms with van der Waals surface area (Å²) in [5.74, 6) is 0.945. The Bertz CT molecular complexity index is 827. The van der Waals surface area contributed by atoms with Crippen molar-refractivity contribution in [1.82, 2.24) is 4.98 Å². The van der Waals surface area contributed by atoms with Crippen molar-refractivity contribution < 1.29 is 0 Å². The summed E-state index contributed by atoms with van der Waals surface area (Å²) in [7, 11) is 0. The largest absolute Gasteiger partial charge is 0.360 e. The van der Waals surface area contributed by atoms with Crippen molar-refractivity contribution in [3.63, 3.8) is 0 Å². The molecular formula is C17H15N3. The number of nitrogens with one attached hydrogen (secondary N) is 2. The number of para-hydroxylation sites is 2. The van der Waals surface area contributed by atoms with Gasteiger partial charge < -0.3 is 10.3 Å². The van der Waals surface area contributed by atoms with Crippen molar-refractivity contribution in [3.8, 4) is 0 Å². The van der Waals surface area contributed by atoms with Crippen molar-refractivity contribution in [2.24, 2.45) is 4.99 Å². The molecule has 0 unspecified atom stereocenters. The number of H-pyrrole nitrogens is 1. The van der Waals surface area contributed by atoms with E-state index in [9.17, 15) is 0 Å². The molecule has 0 saturated carbocycles. The second-order valence-electron chi connectivity index (χ2n) is 5.15. The normalized spacial score (nSPS) is 13.8. The van der Waals surface area contributed by atoms with E-state index in [4.69, 9.17) is 0 Å². The molecule has 1 aliphatic heterocycles. The summed E-state index contributed by atoms with van der Waals surface area (Å²) >= 11 is 0. The second-order valence-corrected chi connectivity index (χ2v) is 5.15. The second kappa shape index (κ2) is 4.23. The molecular weight excluding hydrogens is 246 g/mol. The van der Waals surface area contributed by atoms with Gasteiger partial charge in [0.05, 0.1) is 6.54 Å². The van der Waals surface area contributed by atoms with Crippen LogP contribution in [-0.2, 0) is 6.54 Å². The van der Waals surface area contributed by atoms with Crippen molar-refractivity contribution in [3.05, 3.63) is 65.4 Å². The highest BCUT2D eigenvalue weighted by Gasteiger charge is 2.15. The van der Waals surface area contributed by atoms with E-state index in [2.05, 4.69) is 58.6 Å². The number of benzene rings is 2. The van der Waals surface area contributed by atoms with Crippen LogP contribution in [0.3, 0.4) is 0 Å². The molecule has 0 spiro atoms. The Morgan fingerprint density at radius 1 is 1.05 bits per heavy atom. The van der Waals surface area contributed by atoms with Crippen molar-refractivity contribution in [2.75, 3.05) is 5.32 Å². The number of aliphatic imine (C=N–C) groups is 1. The van der Waals surface area contributed by atoms with Crippen LogP contribution in [0.4, 0.5) is 5.69 Å². The summed E-state index contributed by atoms with van der Waals surface area (Å²) in [6, 6.07) is 14.7. The molecule has 2 aromatic carbocycles. The molecule has 3 aromatic rings. The molecule has 0 amide bonds. The lowest BCUT2D eigenvalue weighted by Gasteiger charge is -2.18. The molecule has 0 radical (unpaired) electrons. The van der Waals surface area contributed by atoms with Gasteiger partial charge in [-0.15, -0.1) is 0 Å². The number of hydrogen-bond acceptors (Lipinski definition) is 2. The van der Waals surface area contributed by atoms with Gasteiger partial charge in [-0.3, -0.25) is 4.99 Å². The topological polar surface area (TPSA) is 40.2 Å². The summed E-state index contributed by atoms with van der Waals surface area (Å²) in [4.78, 5) is 8.04. The van der Waals surface area contributed by atoms with Gasteiger partial charge in [0.1, 0.15) is 5.84 Å². The fourth-order valence-electron chi connectivity index (χ4n) is 2.77. The highest BCUT2D eigenvalue weighted by Crippen LogP contribution is 2.26. The zero-order valence-electron chi connectivity index (χ0n) is 11.3. The number of aromatic nitrogens is 1. The van der Waals surface area contributed by atoms with Gasteiger partial charge in [0.25, 0.3) is 0 Å². The molecule has 4 rings (SSSR count). The first-order chi connectivity index (χ1) is 9.83. The van der Waals surface area contributed by atoms with E-state index >= 15 is 0 Å². The van der Waals surface area contributed by atoms with E-state index < -0.39 is 0 Å². The third-order valence-electron chi connectivity index (χ3n) is 3.86. The monoisotopic (exact) mass is 261 g/mol. The fourth-order valence-corrected chi connectivity index (χ4v) is 2.77. The summed E-state index contributed by atoms with van der Waals surface area (Å²) in [6.45, 7) is 2.85. The zero-order chi connectivity index (χ0) is 13.5. The molecule has 98 valence electrons. The Labute approximate surface area is 117 Å². The zero-order valence-corrected chi connectivity index (χ0v) is 11.3. The number of amidine groups is 1. The first-order valence-corrected chi connectivity index (χ1v) is 6.79. The summed E-state index contributed by atoms with van der Waals surface area (Å²) in [6.07, 6.45) is 2.04. The Balaban J connectivity index is 1.82. The molecule has 20 heavy (non-hydrogen) atoms. The Kier molecular flexibility index (Phi) is 2.39. The molecule has 0 atom stereocenters. The molecule has 3 heteroatoms. The average molecular weight is 261 g/mol. The number of hydrogen-bond donors (Lipinski definition) is 2. The van der Waals surface area contributed by atoms with Crippen LogP contribution in [0.1, 0.15) is 16.7 Å². The number of aromatic amines is 1. The van der Waals surface area contributed by atoms with E-state index in [1.165, 1.54) is 22.0 Å². The van der Waals surface area contributed by atoms with Crippen LogP contribution in [-0.4, -0.2) is 10.8 Å². The predicted octanol–water partition coefficient (Wildman–Crippen LogP) is 3.85.